The van der Waals surface area contributed by atoms with E-state index in [1.54, 1.807) is 26.0 Å². The third kappa shape index (κ3) is 5.89. The first-order valence-corrected chi connectivity index (χ1v) is 11.1. The van der Waals surface area contributed by atoms with E-state index in [0.29, 0.717) is 12.3 Å². The number of benzene rings is 1. The highest BCUT2D eigenvalue weighted by molar-refractivity contribution is 5.91. The number of aromatic nitrogens is 1. The molecule has 1 aliphatic heterocycles. The molecule has 6 heteroatoms. The monoisotopic (exact) mass is 443 g/mol. The second-order valence-corrected chi connectivity index (χ2v) is 8.95. The van der Waals surface area contributed by atoms with Crippen LogP contribution >= 0.6 is 0 Å². The Balaban J connectivity index is 1.41. The van der Waals surface area contributed by atoms with Crippen LogP contribution in [0.5, 0.6) is 0 Å². The number of nitrogens with one attached hydrogen (secondary N) is 1. The first kappa shape index (κ1) is 22.8. The minimum atomic E-state index is -0.993. The Morgan fingerprint density at radius 3 is 2.76 bits per heavy atom. The molecule has 4 rings (SSSR count). The number of rotatable bonds is 5. The van der Waals surface area contributed by atoms with Crippen molar-refractivity contribution in [3.05, 3.63) is 88.1 Å². The molecule has 0 radical (unpaired) electrons. The van der Waals surface area contributed by atoms with Crippen molar-refractivity contribution in [1.82, 2.24) is 15.2 Å². The molecule has 6 nitrogen and oxygen atoms in total. The molecule has 0 bridgehead atoms. The molecule has 0 unspecified atom stereocenters. The lowest BCUT2D eigenvalue weighted by molar-refractivity contribution is 0.0923. The van der Waals surface area contributed by atoms with Crippen LogP contribution in [-0.2, 0) is 26.1 Å². The molecule has 0 aliphatic carbocycles. The molecule has 3 heterocycles. The van der Waals surface area contributed by atoms with Gasteiger partial charge in [0.15, 0.2) is 5.76 Å². The maximum Gasteiger partial charge on any atom is 0.287 e. The number of hydrogen-bond acceptors (Lipinski definition) is 5. The zero-order valence-electron chi connectivity index (χ0n) is 19.3. The van der Waals surface area contributed by atoms with Gasteiger partial charge < -0.3 is 14.8 Å². The van der Waals surface area contributed by atoms with E-state index in [4.69, 9.17) is 4.42 Å². The quantitative estimate of drug-likeness (QED) is 0.589. The average Bonchev–Trinajstić information content (AvgIpc) is 3.32. The van der Waals surface area contributed by atoms with Gasteiger partial charge in [0.1, 0.15) is 5.60 Å². The Hall–Kier alpha value is -3.40. The Morgan fingerprint density at radius 1 is 1.27 bits per heavy atom. The van der Waals surface area contributed by atoms with Crippen molar-refractivity contribution in [2.24, 2.45) is 0 Å². The number of aliphatic hydroxyl groups is 1. The van der Waals surface area contributed by atoms with Crippen molar-refractivity contribution < 1.29 is 14.3 Å². The average molecular weight is 444 g/mol. The highest BCUT2D eigenvalue weighted by Gasteiger charge is 2.21. The van der Waals surface area contributed by atoms with Crippen LogP contribution in [0.4, 0.5) is 0 Å². The highest BCUT2D eigenvalue weighted by Crippen LogP contribution is 2.25. The smallest absolute Gasteiger partial charge is 0.287 e. The molecule has 2 N–H and O–H groups in total. The van der Waals surface area contributed by atoms with E-state index in [2.05, 4.69) is 39.2 Å². The minimum Gasteiger partial charge on any atom is -0.459 e. The molecule has 0 saturated heterocycles. The lowest BCUT2D eigenvalue weighted by Gasteiger charge is -2.30. The molecular formula is C27H29N3O3. The number of pyridine rings is 1. The molecule has 1 amide bonds. The fourth-order valence-corrected chi connectivity index (χ4v) is 3.99. The second-order valence-electron chi connectivity index (χ2n) is 8.95. The summed E-state index contributed by atoms with van der Waals surface area (Å²) < 4.78 is 5.18. The summed E-state index contributed by atoms with van der Waals surface area (Å²) in [5.41, 5.74) is 5.67. The number of fused-ring (bicyclic) bond motifs is 1. The predicted octanol–water partition coefficient (Wildman–Crippen LogP) is 3.59. The maximum atomic E-state index is 12.3. The predicted molar refractivity (Wildman–Crippen MR) is 126 cm³/mol. The lowest BCUT2D eigenvalue weighted by atomic mass is 9.94. The van der Waals surface area contributed by atoms with Crippen molar-refractivity contribution in [2.75, 3.05) is 6.54 Å². The number of furan rings is 1. The number of aryl methyl sites for hydroxylation is 1. The Labute approximate surface area is 194 Å². The molecule has 0 fully saturated rings. The van der Waals surface area contributed by atoms with Crippen molar-refractivity contribution in [2.45, 2.75) is 52.4 Å². The molecular weight excluding hydrogens is 414 g/mol. The number of carbonyl (C=O) groups is 1. The standard InChI is InChI=1S/C27H29N3O3/c1-19-24(16-29-26(31)25-5-4-14-33-25)23-11-13-30(18-22(23)15-28-19)17-21-8-6-20(7-9-21)10-12-27(2,3)32/h4-9,14-15,32H,11,13,16-18H2,1-3H3,(H,29,31). The van der Waals surface area contributed by atoms with Gasteiger partial charge in [0.2, 0.25) is 0 Å². The Bertz CT molecular complexity index is 1180. The third-order valence-corrected chi connectivity index (χ3v) is 5.72. The van der Waals surface area contributed by atoms with Gasteiger partial charge >= 0.3 is 0 Å². The van der Waals surface area contributed by atoms with Gasteiger partial charge in [0, 0.05) is 43.6 Å². The van der Waals surface area contributed by atoms with Gasteiger partial charge in [-0.25, -0.2) is 0 Å². The summed E-state index contributed by atoms with van der Waals surface area (Å²) in [7, 11) is 0. The van der Waals surface area contributed by atoms with E-state index in [1.807, 2.05) is 25.3 Å². The largest absolute Gasteiger partial charge is 0.459 e. The first-order valence-electron chi connectivity index (χ1n) is 11.1. The number of amides is 1. The van der Waals surface area contributed by atoms with Gasteiger partial charge in [-0.2, -0.15) is 0 Å². The van der Waals surface area contributed by atoms with Crippen molar-refractivity contribution in [1.29, 1.82) is 0 Å². The summed E-state index contributed by atoms with van der Waals surface area (Å²) in [5, 5.41) is 12.7. The summed E-state index contributed by atoms with van der Waals surface area (Å²) in [6, 6.07) is 11.5. The van der Waals surface area contributed by atoms with Crippen molar-refractivity contribution >= 4 is 5.91 Å². The van der Waals surface area contributed by atoms with Crippen LogP contribution in [0.15, 0.2) is 53.3 Å². The molecule has 0 spiro atoms. The number of nitrogens with zero attached hydrogens (tertiary/aromatic N) is 2. The number of hydrogen-bond donors (Lipinski definition) is 2. The minimum absolute atomic E-state index is 0.217. The van der Waals surface area contributed by atoms with E-state index in [1.165, 1.54) is 23.0 Å². The summed E-state index contributed by atoms with van der Waals surface area (Å²) in [4.78, 5) is 19.3. The van der Waals surface area contributed by atoms with Gasteiger partial charge in [-0.15, -0.1) is 0 Å². The maximum absolute atomic E-state index is 12.3. The lowest BCUT2D eigenvalue weighted by Crippen LogP contribution is -2.32. The van der Waals surface area contributed by atoms with Gasteiger partial charge in [-0.1, -0.05) is 24.0 Å². The van der Waals surface area contributed by atoms with E-state index >= 15 is 0 Å². The molecule has 0 saturated carbocycles. The summed E-state index contributed by atoms with van der Waals surface area (Å²) in [5.74, 6) is 5.95. The summed E-state index contributed by atoms with van der Waals surface area (Å²) in [6.07, 6.45) is 4.38. The third-order valence-electron chi connectivity index (χ3n) is 5.72. The van der Waals surface area contributed by atoms with Gasteiger partial charge in [0.05, 0.1) is 6.26 Å². The molecule has 3 aromatic rings. The van der Waals surface area contributed by atoms with Crippen LogP contribution in [0, 0.1) is 18.8 Å². The molecule has 1 aromatic carbocycles. The first-order chi connectivity index (χ1) is 15.8. The second kappa shape index (κ2) is 9.62. The van der Waals surface area contributed by atoms with E-state index < -0.39 is 5.60 Å². The molecule has 1 aliphatic rings. The summed E-state index contributed by atoms with van der Waals surface area (Å²) in [6.45, 7) is 8.39. The Kier molecular flexibility index (Phi) is 6.64. The van der Waals surface area contributed by atoms with E-state index in [-0.39, 0.29) is 5.91 Å². The highest BCUT2D eigenvalue weighted by atomic mass is 16.3. The Morgan fingerprint density at radius 2 is 2.06 bits per heavy atom. The summed E-state index contributed by atoms with van der Waals surface area (Å²) >= 11 is 0. The molecule has 2 aromatic heterocycles. The van der Waals surface area contributed by atoms with Gasteiger partial charge in [-0.05, 0) is 73.7 Å². The van der Waals surface area contributed by atoms with Crippen LogP contribution < -0.4 is 5.32 Å². The van der Waals surface area contributed by atoms with Crippen LogP contribution in [0.1, 0.15) is 57.9 Å². The van der Waals surface area contributed by atoms with Crippen LogP contribution in [0.3, 0.4) is 0 Å². The molecule has 0 atom stereocenters. The van der Waals surface area contributed by atoms with Crippen molar-refractivity contribution in [3.8, 4) is 11.8 Å². The number of carbonyl (C=O) groups excluding carboxylic acids is 1. The van der Waals surface area contributed by atoms with E-state index in [9.17, 15) is 9.90 Å². The zero-order valence-corrected chi connectivity index (χ0v) is 19.3. The van der Waals surface area contributed by atoms with E-state index in [0.717, 1.165) is 42.9 Å². The zero-order chi connectivity index (χ0) is 23.4. The van der Waals surface area contributed by atoms with Crippen LogP contribution in [0.25, 0.3) is 0 Å². The van der Waals surface area contributed by atoms with Crippen molar-refractivity contribution in [3.63, 3.8) is 0 Å². The fourth-order valence-electron chi connectivity index (χ4n) is 3.99. The van der Waals surface area contributed by atoms with Crippen LogP contribution in [0.2, 0.25) is 0 Å². The van der Waals surface area contributed by atoms with Crippen LogP contribution in [-0.4, -0.2) is 33.0 Å². The SMILES string of the molecule is Cc1ncc2c(c1CNC(=O)c1ccco1)CCN(Cc1ccc(C#CC(C)(C)O)cc1)C2. The van der Waals surface area contributed by atoms with Gasteiger partial charge in [0.25, 0.3) is 5.91 Å². The fraction of sp³-hybridized carbons (Fsp3) is 0.333. The molecule has 170 valence electrons. The topological polar surface area (TPSA) is 78.6 Å². The van der Waals surface area contributed by atoms with Gasteiger partial charge in [-0.3, -0.25) is 14.7 Å². The molecule has 33 heavy (non-hydrogen) atoms. The normalized spacial score (nSPS) is 13.7.